The minimum Gasteiger partial charge on any atom is -0.335 e. The molecule has 0 aliphatic carbocycles. The SMILES string of the molecule is CN(C)C[C@H](NC(=O)NC1CCN(Cc2ccccc2)CC1)c1ccccc1. The fraction of sp³-hybridized carbons (Fsp3) is 0.435. The maximum Gasteiger partial charge on any atom is 0.315 e. The summed E-state index contributed by atoms with van der Waals surface area (Å²) >= 11 is 0. The van der Waals surface area contributed by atoms with Gasteiger partial charge in [-0.2, -0.15) is 0 Å². The second-order valence-electron chi connectivity index (χ2n) is 7.88. The molecule has 2 N–H and O–H groups in total. The highest BCUT2D eigenvalue weighted by Crippen LogP contribution is 2.15. The van der Waals surface area contributed by atoms with Gasteiger partial charge in [0, 0.05) is 32.2 Å². The van der Waals surface area contributed by atoms with Crippen LogP contribution in [0.5, 0.6) is 0 Å². The molecule has 1 aliphatic heterocycles. The van der Waals surface area contributed by atoms with E-state index in [1.165, 1.54) is 5.56 Å². The molecule has 0 unspecified atom stereocenters. The van der Waals surface area contributed by atoms with Gasteiger partial charge in [-0.25, -0.2) is 4.79 Å². The summed E-state index contributed by atoms with van der Waals surface area (Å²) in [7, 11) is 4.05. The molecule has 28 heavy (non-hydrogen) atoms. The van der Waals surface area contributed by atoms with Gasteiger partial charge in [-0.1, -0.05) is 60.7 Å². The summed E-state index contributed by atoms with van der Waals surface area (Å²) in [4.78, 5) is 17.2. The largest absolute Gasteiger partial charge is 0.335 e. The first kappa shape index (κ1) is 20.4. The molecule has 1 heterocycles. The highest BCUT2D eigenvalue weighted by molar-refractivity contribution is 5.74. The van der Waals surface area contributed by atoms with E-state index in [1.807, 2.05) is 32.3 Å². The molecule has 5 heteroatoms. The van der Waals surface area contributed by atoms with Gasteiger partial charge in [0.25, 0.3) is 0 Å². The first-order chi connectivity index (χ1) is 13.6. The lowest BCUT2D eigenvalue weighted by Gasteiger charge is -2.33. The topological polar surface area (TPSA) is 47.6 Å². The minimum atomic E-state index is -0.0720. The van der Waals surface area contributed by atoms with Crippen molar-refractivity contribution in [3.63, 3.8) is 0 Å². The number of nitrogens with zero attached hydrogens (tertiary/aromatic N) is 2. The van der Waals surface area contributed by atoms with E-state index >= 15 is 0 Å². The first-order valence-corrected chi connectivity index (χ1v) is 10.1. The summed E-state index contributed by atoms with van der Waals surface area (Å²) in [6, 6.07) is 20.9. The summed E-state index contributed by atoms with van der Waals surface area (Å²) in [5, 5.41) is 6.34. The van der Waals surface area contributed by atoms with E-state index in [0.717, 1.165) is 44.6 Å². The number of likely N-dealkylation sites (tertiary alicyclic amines) is 1. The van der Waals surface area contributed by atoms with Crippen LogP contribution in [0.1, 0.15) is 30.0 Å². The van der Waals surface area contributed by atoms with Gasteiger partial charge in [-0.3, -0.25) is 4.90 Å². The van der Waals surface area contributed by atoms with Gasteiger partial charge in [0.05, 0.1) is 6.04 Å². The smallest absolute Gasteiger partial charge is 0.315 e. The number of carbonyl (C=O) groups is 1. The number of carbonyl (C=O) groups excluding carboxylic acids is 1. The lowest BCUT2D eigenvalue weighted by Crippen LogP contribution is -2.49. The van der Waals surface area contributed by atoms with Crippen LogP contribution < -0.4 is 10.6 Å². The lowest BCUT2D eigenvalue weighted by molar-refractivity contribution is 0.185. The Morgan fingerprint density at radius 2 is 1.64 bits per heavy atom. The Kier molecular flexibility index (Phi) is 7.46. The van der Waals surface area contributed by atoms with E-state index in [0.29, 0.717) is 0 Å². The van der Waals surface area contributed by atoms with Gasteiger partial charge >= 0.3 is 6.03 Å². The van der Waals surface area contributed by atoms with Crippen molar-refractivity contribution in [2.75, 3.05) is 33.7 Å². The van der Waals surface area contributed by atoms with Crippen LogP contribution >= 0.6 is 0 Å². The second kappa shape index (κ2) is 10.2. The van der Waals surface area contributed by atoms with Crippen LogP contribution in [0.25, 0.3) is 0 Å². The summed E-state index contributed by atoms with van der Waals surface area (Å²) in [5.74, 6) is 0. The van der Waals surface area contributed by atoms with Crippen molar-refractivity contribution in [3.05, 3.63) is 71.8 Å². The molecule has 1 fully saturated rings. The normalized spacial score (nSPS) is 16.7. The molecule has 1 aliphatic rings. The molecule has 2 aromatic rings. The van der Waals surface area contributed by atoms with Gasteiger partial charge in [-0.15, -0.1) is 0 Å². The van der Waals surface area contributed by atoms with Crippen molar-refractivity contribution in [3.8, 4) is 0 Å². The van der Waals surface area contributed by atoms with Crippen LogP contribution in [0.2, 0.25) is 0 Å². The average molecular weight is 381 g/mol. The predicted octanol–water partition coefficient (Wildman–Crippen LogP) is 3.25. The standard InChI is InChI=1S/C23H32N4O/c1-26(2)18-22(20-11-7-4-8-12-20)25-23(28)24-21-13-15-27(16-14-21)17-19-9-5-3-6-10-19/h3-12,21-22H,13-18H2,1-2H3,(H2,24,25,28)/t22-/m0/s1. The third kappa shape index (κ3) is 6.36. The molecule has 3 rings (SSSR count). The summed E-state index contributed by atoms with van der Waals surface area (Å²) in [6.45, 7) is 3.78. The number of amides is 2. The highest BCUT2D eigenvalue weighted by Gasteiger charge is 2.22. The molecule has 0 aromatic heterocycles. The fourth-order valence-corrected chi connectivity index (χ4v) is 3.75. The Morgan fingerprint density at radius 3 is 2.25 bits per heavy atom. The molecule has 0 bridgehead atoms. The first-order valence-electron chi connectivity index (χ1n) is 10.1. The number of piperidine rings is 1. The van der Waals surface area contributed by atoms with Gasteiger partial charge in [0.2, 0.25) is 0 Å². The Hall–Kier alpha value is -2.37. The number of nitrogens with one attached hydrogen (secondary N) is 2. The Morgan fingerprint density at radius 1 is 1.04 bits per heavy atom. The maximum atomic E-state index is 12.6. The Labute approximate surface area is 168 Å². The predicted molar refractivity (Wildman–Crippen MR) is 114 cm³/mol. The van der Waals surface area contributed by atoms with Crippen LogP contribution in [0.4, 0.5) is 4.79 Å². The van der Waals surface area contributed by atoms with Crippen LogP contribution in [0.15, 0.2) is 60.7 Å². The lowest BCUT2D eigenvalue weighted by atomic mass is 10.0. The van der Waals surface area contributed by atoms with Crippen molar-refractivity contribution >= 4 is 6.03 Å². The maximum absolute atomic E-state index is 12.6. The fourth-order valence-electron chi connectivity index (χ4n) is 3.75. The Balaban J connectivity index is 1.46. The van der Waals surface area contributed by atoms with Crippen LogP contribution in [-0.4, -0.2) is 55.6 Å². The zero-order valence-corrected chi connectivity index (χ0v) is 17.0. The van der Waals surface area contributed by atoms with Gasteiger partial charge < -0.3 is 15.5 Å². The highest BCUT2D eigenvalue weighted by atomic mass is 16.2. The third-order valence-electron chi connectivity index (χ3n) is 5.23. The minimum absolute atomic E-state index is 0.0191. The second-order valence-corrected chi connectivity index (χ2v) is 7.88. The van der Waals surface area contributed by atoms with Crippen molar-refractivity contribution in [1.29, 1.82) is 0 Å². The van der Waals surface area contributed by atoms with Gasteiger partial charge in [-0.05, 0) is 38.1 Å². The number of hydrogen-bond donors (Lipinski definition) is 2. The van der Waals surface area contributed by atoms with Crippen molar-refractivity contribution in [2.45, 2.75) is 31.5 Å². The number of benzene rings is 2. The number of likely N-dealkylation sites (N-methyl/N-ethyl adjacent to an activating group) is 1. The van der Waals surface area contributed by atoms with E-state index in [9.17, 15) is 4.79 Å². The molecule has 0 saturated carbocycles. The number of rotatable bonds is 7. The Bertz CT molecular complexity index is 712. The van der Waals surface area contributed by atoms with E-state index in [4.69, 9.17) is 0 Å². The number of hydrogen-bond acceptors (Lipinski definition) is 3. The third-order valence-corrected chi connectivity index (χ3v) is 5.23. The van der Waals surface area contributed by atoms with Crippen molar-refractivity contribution in [2.24, 2.45) is 0 Å². The van der Waals surface area contributed by atoms with Crippen molar-refractivity contribution < 1.29 is 4.79 Å². The van der Waals surface area contributed by atoms with Crippen LogP contribution in [-0.2, 0) is 6.54 Å². The summed E-state index contributed by atoms with van der Waals surface area (Å²) in [5.41, 5.74) is 2.48. The van der Waals surface area contributed by atoms with E-state index in [1.54, 1.807) is 0 Å². The zero-order chi connectivity index (χ0) is 19.8. The van der Waals surface area contributed by atoms with E-state index in [-0.39, 0.29) is 18.1 Å². The van der Waals surface area contributed by atoms with E-state index in [2.05, 4.69) is 62.9 Å². The molecule has 5 nitrogen and oxygen atoms in total. The molecule has 150 valence electrons. The van der Waals surface area contributed by atoms with Gasteiger partial charge in [0.15, 0.2) is 0 Å². The zero-order valence-electron chi connectivity index (χ0n) is 17.0. The summed E-state index contributed by atoms with van der Waals surface area (Å²) in [6.07, 6.45) is 1.98. The van der Waals surface area contributed by atoms with Crippen LogP contribution in [0.3, 0.4) is 0 Å². The molecular weight excluding hydrogens is 348 g/mol. The molecule has 0 radical (unpaired) electrons. The van der Waals surface area contributed by atoms with E-state index < -0.39 is 0 Å². The number of urea groups is 1. The summed E-state index contributed by atoms with van der Waals surface area (Å²) < 4.78 is 0. The monoisotopic (exact) mass is 380 g/mol. The quantitative estimate of drug-likeness (QED) is 0.775. The van der Waals surface area contributed by atoms with Gasteiger partial charge in [0.1, 0.15) is 0 Å². The molecule has 0 spiro atoms. The van der Waals surface area contributed by atoms with Crippen molar-refractivity contribution in [1.82, 2.24) is 20.4 Å². The molecular formula is C23H32N4O. The van der Waals surface area contributed by atoms with Crippen LogP contribution in [0, 0.1) is 0 Å². The molecule has 1 atom stereocenters. The average Bonchev–Trinajstić information content (AvgIpc) is 2.70. The molecule has 1 saturated heterocycles. The molecule has 2 amide bonds. The molecule has 2 aromatic carbocycles.